The lowest BCUT2D eigenvalue weighted by atomic mass is 10.0. The number of imidazole rings is 1. The first kappa shape index (κ1) is 17.0. The minimum Gasteiger partial charge on any atom is -0.467 e. The van der Waals surface area contributed by atoms with Crippen LogP contribution in [0.25, 0.3) is 0 Å². The number of carbonyl (C=O) groups is 2. The van der Waals surface area contributed by atoms with E-state index >= 15 is 0 Å². The molecule has 2 atom stereocenters. The highest BCUT2D eigenvalue weighted by Crippen LogP contribution is 2.27. The molecule has 2 N–H and O–H groups in total. The second kappa shape index (κ2) is 7.35. The van der Waals surface area contributed by atoms with E-state index in [-0.39, 0.29) is 11.7 Å². The summed E-state index contributed by atoms with van der Waals surface area (Å²) in [5.41, 5.74) is 2.74. The Morgan fingerprint density at radius 2 is 2.12 bits per heavy atom. The standard InChI is InChI=1S/C17H20N4O4/c1-25-17(23)13-8-5-9-21(13)16(22)15(12-6-3-2-4-7-12)20-10-14(19-24)18-11-20/h2-4,6-7,10-11,13,15,19,24H,5,8-9H2,1H3/t13-,15?/m0/s1. The molecule has 0 bridgehead atoms. The zero-order chi connectivity index (χ0) is 17.8. The number of ether oxygens (including phenoxy) is 1. The van der Waals surface area contributed by atoms with Gasteiger partial charge in [-0.1, -0.05) is 30.3 Å². The summed E-state index contributed by atoms with van der Waals surface area (Å²) in [5, 5.41) is 9.02. The Kier molecular flexibility index (Phi) is 4.99. The highest BCUT2D eigenvalue weighted by molar-refractivity contribution is 5.89. The van der Waals surface area contributed by atoms with Crippen molar-refractivity contribution in [1.82, 2.24) is 14.5 Å². The van der Waals surface area contributed by atoms with Crippen molar-refractivity contribution in [3.05, 3.63) is 48.4 Å². The number of methoxy groups -OCH3 is 1. The van der Waals surface area contributed by atoms with Crippen LogP contribution in [0, 0.1) is 0 Å². The smallest absolute Gasteiger partial charge is 0.328 e. The zero-order valence-electron chi connectivity index (χ0n) is 13.8. The second-order valence-electron chi connectivity index (χ2n) is 5.84. The van der Waals surface area contributed by atoms with Gasteiger partial charge in [0, 0.05) is 6.54 Å². The third-order valence-corrected chi connectivity index (χ3v) is 4.37. The van der Waals surface area contributed by atoms with Crippen LogP contribution in [0.1, 0.15) is 24.4 Å². The van der Waals surface area contributed by atoms with Gasteiger partial charge >= 0.3 is 5.97 Å². The van der Waals surface area contributed by atoms with Crippen molar-refractivity contribution < 1.29 is 19.5 Å². The lowest BCUT2D eigenvalue weighted by Crippen LogP contribution is -2.44. The van der Waals surface area contributed by atoms with Gasteiger partial charge in [-0.2, -0.15) is 0 Å². The van der Waals surface area contributed by atoms with E-state index in [2.05, 4.69) is 4.98 Å². The number of likely N-dealkylation sites (tertiary alicyclic amines) is 1. The molecule has 2 aromatic rings. The van der Waals surface area contributed by atoms with E-state index in [0.717, 1.165) is 12.0 Å². The average molecular weight is 344 g/mol. The predicted molar refractivity (Wildman–Crippen MR) is 89.0 cm³/mol. The molecular weight excluding hydrogens is 324 g/mol. The first-order valence-electron chi connectivity index (χ1n) is 8.02. The summed E-state index contributed by atoms with van der Waals surface area (Å²) in [6, 6.07) is 8.00. The van der Waals surface area contributed by atoms with Crippen LogP contribution >= 0.6 is 0 Å². The minimum atomic E-state index is -0.680. The molecule has 8 heteroatoms. The number of carbonyl (C=O) groups excluding carboxylic acids is 2. The molecule has 2 heterocycles. The van der Waals surface area contributed by atoms with Crippen LogP contribution in [0.2, 0.25) is 0 Å². The minimum absolute atomic E-state index is 0.207. The Hall–Kier alpha value is -2.87. The Morgan fingerprint density at radius 1 is 1.36 bits per heavy atom. The third kappa shape index (κ3) is 3.34. The molecule has 0 radical (unpaired) electrons. The van der Waals surface area contributed by atoms with Crippen molar-refractivity contribution in [3.8, 4) is 0 Å². The number of rotatable bonds is 5. The van der Waals surface area contributed by atoms with Gasteiger partial charge in [-0.25, -0.2) is 9.78 Å². The molecule has 8 nitrogen and oxygen atoms in total. The maximum absolute atomic E-state index is 13.3. The summed E-state index contributed by atoms with van der Waals surface area (Å²) in [7, 11) is 1.33. The van der Waals surface area contributed by atoms with Gasteiger partial charge in [0.2, 0.25) is 0 Å². The van der Waals surface area contributed by atoms with Gasteiger partial charge in [0.1, 0.15) is 12.1 Å². The van der Waals surface area contributed by atoms with E-state index in [1.165, 1.54) is 13.4 Å². The van der Waals surface area contributed by atoms with Gasteiger partial charge in [0.05, 0.1) is 19.6 Å². The van der Waals surface area contributed by atoms with E-state index < -0.39 is 18.1 Å². The zero-order valence-corrected chi connectivity index (χ0v) is 13.8. The van der Waals surface area contributed by atoms with E-state index in [9.17, 15) is 9.59 Å². The Morgan fingerprint density at radius 3 is 2.76 bits per heavy atom. The average Bonchev–Trinajstić information content (AvgIpc) is 3.31. The number of esters is 1. The van der Waals surface area contributed by atoms with Crippen molar-refractivity contribution >= 4 is 17.7 Å². The van der Waals surface area contributed by atoms with Crippen molar-refractivity contribution in [2.45, 2.75) is 24.9 Å². The lowest BCUT2D eigenvalue weighted by Gasteiger charge is -2.28. The quantitative estimate of drug-likeness (QED) is 0.629. The van der Waals surface area contributed by atoms with E-state index in [1.807, 2.05) is 35.8 Å². The fourth-order valence-corrected chi connectivity index (χ4v) is 3.18. The van der Waals surface area contributed by atoms with Crippen LogP contribution in [0.5, 0.6) is 0 Å². The van der Waals surface area contributed by atoms with Crippen LogP contribution < -0.4 is 5.48 Å². The Labute approximate surface area is 145 Å². The van der Waals surface area contributed by atoms with E-state index in [0.29, 0.717) is 13.0 Å². The van der Waals surface area contributed by atoms with Crippen molar-refractivity contribution in [1.29, 1.82) is 0 Å². The SMILES string of the molecule is COC(=O)[C@@H]1CCCN1C(=O)C(c1ccccc1)n1cnc(NO)c1. The van der Waals surface area contributed by atoms with Crippen LogP contribution in [-0.4, -0.2) is 51.2 Å². The lowest BCUT2D eigenvalue weighted by molar-refractivity contribution is -0.151. The molecule has 132 valence electrons. The molecule has 3 rings (SSSR count). The highest BCUT2D eigenvalue weighted by atomic mass is 16.5. The van der Waals surface area contributed by atoms with Crippen LogP contribution in [0.4, 0.5) is 5.82 Å². The molecule has 0 aliphatic carbocycles. The Bertz CT molecular complexity index is 746. The second-order valence-corrected chi connectivity index (χ2v) is 5.84. The molecule has 1 aliphatic heterocycles. The molecule has 1 aliphatic rings. The van der Waals surface area contributed by atoms with Gasteiger partial charge in [-0.05, 0) is 18.4 Å². The molecule has 1 aromatic heterocycles. The molecule has 1 fully saturated rings. The van der Waals surface area contributed by atoms with E-state index in [1.54, 1.807) is 15.7 Å². The topological polar surface area (TPSA) is 96.7 Å². The molecular formula is C17H20N4O4. The van der Waals surface area contributed by atoms with Crippen LogP contribution in [-0.2, 0) is 14.3 Å². The monoisotopic (exact) mass is 344 g/mol. The molecule has 0 spiro atoms. The summed E-state index contributed by atoms with van der Waals surface area (Å²) in [4.78, 5) is 30.8. The van der Waals surface area contributed by atoms with Crippen LogP contribution in [0.15, 0.2) is 42.9 Å². The molecule has 25 heavy (non-hydrogen) atoms. The van der Waals surface area contributed by atoms with Gasteiger partial charge in [-0.3, -0.25) is 15.5 Å². The van der Waals surface area contributed by atoms with Gasteiger partial charge in [0.15, 0.2) is 5.82 Å². The van der Waals surface area contributed by atoms with Crippen molar-refractivity contribution in [2.75, 3.05) is 19.1 Å². The maximum atomic E-state index is 13.3. The fourth-order valence-electron chi connectivity index (χ4n) is 3.18. The van der Waals surface area contributed by atoms with Gasteiger partial charge in [0.25, 0.3) is 5.91 Å². The molecule has 1 unspecified atom stereocenters. The molecule has 1 saturated heterocycles. The number of hydrogen-bond acceptors (Lipinski definition) is 6. The first-order valence-corrected chi connectivity index (χ1v) is 8.02. The number of anilines is 1. The summed E-state index contributed by atoms with van der Waals surface area (Å²) in [6.07, 6.45) is 4.35. The van der Waals surface area contributed by atoms with Gasteiger partial charge < -0.3 is 14.2 Å². The van der Waals surface area contributed by atoms with E-state index in [4.69, 9.17) is 9.94 Å². The summed E-state index contributed by atoms with van der Waals surface area (Å²) in [5.74, 6) is -0.373. The highest BCUT2D eigenvalue weighted by Gasteiger charge is 2.38. The Balaban J connectivity index is 1.96. The molecule has 1 aromatic carbocycles. The number of amides is 1. The largest absolute Gasteiger partial charge is 0.467 e. The molecule has 1 amide bonds. The maximum Gasteiger partial charge on any atom is 0.328 e. The summed E-state index contributed by atoms with van der Waals surface area (Å²) >= 11 is 0. The third-order valence-electron chi connectivity index (χ3n) is 4.37. The normalized spacial score (nSPS) is 18.0. The summed E-state index contributed by atoms with van der Waals surface area (Å²) < 4.78 is 6.45. The number of hydrogen-bond donors (Lipinski definition) is 2. The number of nitrogens with zero attached hydrogens (tertiary/aromatic N) is 3. The van der Waals surface area contributed by atoms with Crippen LogP contribution in [0.3, 0.4) is 0 Å². The number of nitrogens with one attached hydrogen (secondary N) is 1. The van der Waals surface area contributed by atoms with Crippen molar-refractivity contribution in [2.24, 2.45) is 0 Å². The summed E-state index contributed by atoms with van der Waals surface area (Å²) in [6.45, 7) is 0.502. The van der Waals surface area contributed by atoms with Gasteiger partial charge in [-0.15, -0.1) is 0 Å². The van der Waals surface area contributed by atoms with Crippen molar-refractivity contribution in [3.63, 3.8) is 0 Å². The number of benzene rings is 1. The fraction of sp³-hybridized carbons (Fsp3) is 0.353. The molecule has 0 saturated carbocycles. The number of aromatic nitrogens is 2. The first-order chi connectivity index (χ1) is 12.2. The predicted octanol–water partition coefficient (Wildman–Crippen LogP) is 1.44.